The van der Waals surface area contributed by atoms with Crippen LogP contribution < -0.4 is 4.90 Å². The van der Waals surface area contributed by atoms with Gasteiger partial charge in [0.2, 0.25) is 5.28 Å². The van der Waals surface area contributed by atoms with Crippen LogP contribution in [0.5, 0.6) is 0 Å². The number of aryl methyl sites for hydroxylation is 1. The van der Waals surface area contributed by atoms with E-state index in [4.69, 9.17) is 16.3 Å². The van der Waals surface area contributed by atoms with Crippen molar-refractivity contribution in [2.45, 2.75) is 57.7 Å². The smallest absolute Gasteiger partial charge is 0.411 e. The van der Waals surface area contributed by atoms with Crippen molar-refractivity contribution in [1.29, 1.82) is 0 Å². The molecule has 32 heavy (non-hydrogen) atoms. The van der Waals surface area contributed by atoms with Crippen LogP contribution in [0.1, 0.15) is 39.3 Å². The first-order valence-electron chi connectivity index (χ1n) is 10.2. The van der Waals surface area contributed by atoms with Crippen molar-refractivity contribution in [3.8, 4) is 0 Å². The fourth-order valence-corrected chi connectivity index (χ4v) is 4.71. The normalized spacial score (nSPS) is 22.9. The third-order valence-corrected chi connectivity index (χ3v) is 5.90. The van der Waals surface area contributed by atoms with Crippen molar-refractivity contribution < 1.29 is 22.7 Å². The zero-order valence-corrected chi connectivity index (χ0v) is 18.9. The maximum absolute atomic E-state index is 14.7. The molecule has 2 fully saturated rings. The highest BCUT2D eigenvalue weighted by Gasteiger charge is 2.54. The summed E-state index contributed by atoms with van der Waals surface area (Å²) in [6.45, 7) is 6.98. The lowest BCUT2D eigenvalue weighted by Crippen LogP contribution is -2.63. The van der Waals surface area contributed by atoms with Crippen LogP contribution in [0.15, 0.2) is 18.4 Å². The first-order valence-corrected chi connectivity index (χ1v) is 10.6. The maximum atomic E-state index is 14.7. The van der Waals surface area contributed by atoms with E-state index in [-0.39, 0.29) is 23.0 Å². The van der Waals surface area contributed by atoms with Gasteiger partial charge in [-0.25, -0.2) is 14.2 Å². The third kappa shape index (κ3) is 3.96. The molecule has 0 aliphatic carbocycles. The number of carbonyl (C=O) groups excluding carboxylic acids is 1. The average molecular weight is 470 g/mol. The lowest BCUT2D eigenvalue weighted by atomic mass is 9.94. The van der Waals surface area contributed by atoms with Crippen LogP contribution in [-0.2, 0) is 4.74 Å². The highest BCUT2D eigenvalue weighted by molar-refractivity contribution is 6.28. The molecule has 1 amide bonds. The highest BCUT2D eigenvalue weighted by atomic mass is 35.5. The average Bonchev–Trinajstić information content (AvgIpc) is 2.89. The van der Waals surface area contributed by atoms with Gasteiger partial charge in [0.15, 0.2) is 5.82 Å². The Kier molecular flexibility index (Phi) is 5.47. The van der Waals surface area contributed by atoms with Gasteiger partial charge in [-0.05, 0) is 52.1 Å². The molecule has 2 unspecified atom stereocenters. The number of nitrogens with zero attached hydrogens (tertiary/aromatic N) is 5. The second kappa shape index (κ2) is 7.75. The molecule has 4 rings (SSSR count). The molecule has 2 aliphatic rings. The molecule has 0 aromatic carbocycles. The van der Waals surface area contributed by atoms with Crippen LogP contribution in [0.4, 0.5) is 23.8 Å². The number of rotatable bonds is 2. The molecule has 11 heteroatoms. The standard InChI is InChI=1S/C21H23ClF3N5O2/c1-11-15(25)16-13(8-26-11)17(28-18(22)27-16)29-9-12-5-6-21(10-29,7-14(23)24)30(12)19(31)32-20(2,3)4/h7-8,12H,5-6,9-10H2,1-4H3. The van der Waals surface area contributed by atoms with Gasteiger partial charge in [-0.3, -0.25) is 9.88 Å². The van der Waals surface area contributed by atoms with E-state index in [1.807, 2.05) is 0 Å². The second-order valence-electron chi connectivity index (χ2n) is 9.20. The Balaban J connectivity index is 1.79. The molecule has 2 saturated heterocycles. The Labute approximate surface area is 188 Å². The van der Waals surface area contributed by atoms with Crippen LogP contribution in [0.2, 0.25) is 5.28 Å². The molecular weight excluding hydrogens is 447 g/mol. The van der Waals surface area contributed by atoms with Gasteiger partial charge in [0, 0.05) is 25.4 Å². The summed E-state index contributed by atoms with van der Waals surface area (Å²) in [5.74, 6) is -0.327. The quantitative estimate of drug-likeness (QED) is 0.585. The van der Waals surface area contributed by atoms with Crippen LogP contribution >= 0.6 is 11.6 Å². The van der Waals surface area contributed by atoms with Crippen LogP contribution in [0.25, 0.3) is 10.9 Å². The lowest BCUT2D eigenvalue weighted by Gasteiger charge is -2.47. The molecule has 7 nitrogen and oxygen atoms in total. The van der Waals surface area contributed by atoms with Crippen molar-refractivity contribution in [3.05, 3.63) is 35.1 Å². The molecule has 4 heterocycles. The van der Waals surface area contributed by atoms with Gasteiger partial charge in [0.25, 0.3) is 6.08 Å². The zero-order valence-electron chi connectivity index (χ0n) is 18.1. The molecule has 2 atom stereocenters. The number of anilines is 1. The Morgan fingerprint density at radius 2 is 2.06 bits per heavy atom. The van der Waals surface area contributed by atoms with Gasteiger partial charge in [-0.1, -0.05) is 0 Å². The Bertz CT molecular complexity index is 1120. The van der Waals surface area contributed by atoms with E-state index >= 15 is 0 Å². The molecular formula is C21H23ClF3N5O2. The number of fused-ring (bicyclic) bond motifs is 3. The zero-order chi connectivity index (χ0) is 23.4. The number of amides is 1. The topological polar surface area (TPSA) is 71.5 Å². The summed E-state index contributed by atoms with van der Waals surface area (Å²) in [5.41, 5.74) is -1.91. The summed E-state index contributed by atoms with van der Waals surface area (Å²) in [5, 5.41) is 0.155. The lowest BCUT2D eigenvalue weighted by molar-refractivity contribution is 0.00169. The minimum atomic E-state index is -1.89. The van der Waals surface area contributed by atoms with E-state index < -0.39 is 35.2 Å². The third-order valence-electron chi connectivity index (χ3n) is 5.73. The molecule has 2 bridgehead atoms. The van der Waals surface area contributed by atoms with E-state index in [1.165, 1.54) is 18.0 Å². The number of hydrogen-bond donors (Lipinski definition) is 0. The summed E-state index contributed by atoms with van der Waals surface area (Å²) in [6.07, 6.45) is 0.535. The monoisotopic (exact) mass is 469 g/mol. The van der Waals surface area contributed by atoms with Crippen LogP contribution in [0, 0.1) is 12.7 Å². The summed E-state index contributed by atoms with van der Waals surface area (Å²) in [6, 6.07) is -0.402. The number of halogens is 4. The fraction of sp³-hybridized carbons (Fsp3) is 0.524. The minimum absolute atomic E-state index is 0.00989. The van der Waals surface area contributed by atoms with E-state index in [0.717, 1.165) is 6.08 Å². The van der Waals surface area contributed by atoms with Gasteiger partial charge < -0.3 is 9.64 Å². The van der Waals surface area contributed by atoms with E-state index in [9.17, 15) is 18.0 Å². The van der Waals surface area contributed by atoms with Gasteiger partial charge in [0.1, 0.15) is 16.9 Å². The molecule has 2 aromatic rings. The number of carbonyl (C=O) groups is 1. The number of pyridine rings is 1. The molecule has 0 N–H and O–H groups in total. The molecule has 0 spiro atoms. The SMILES string of the molecule is Cc1ncc2c(N3CC4CCC(C=C(F)F)(C3)N4C(=O)OC(C)(C)C)nc(Cl)nc2c1F. The first-order chi connectivity index (χ1) is 14.9. The predicted molar refractivity (Wildman–Crippen MR) is 113 cm³/mol. The highest BCUT2D eigenvalue weighted by Crippen LogP contribution is 2.44. The fourth-order valence-electron chi connectivity index (χ4n) is 4.55. The molecule has 0 saturated carbocycles. The van der Waals surface area contributed by atoms with Crippen molar-refractivity contribution >= 4 is 34.4 Å². The maximum Gasteiger partial charge on any atom is 0.411 e. The molecule has 2 aromatic heterocycles. The summed E-state index contributed by atoms with van der Waals surface area (Å²) in [7, 11) is 0. The van der Waals surface area contributed by atoms with Crippen molar-refractivity contribution in [3.63, 3.8) is 0 Å². The largest absolute Gasteiger partial charge is 0.444 e. The van der Waals surface area contributed by atoms with E-state index in [1.54, 1.807) is 25.7 Å². The van der Waals surface area contributed by atoms with Gasteiger partial charge in [-0.15, -0.1) is 0 Å². The number of aromatic nitrogens is 3. The summed E-state index contributed by atoms with van der Waals surface area (Å²) < 4.78 is 47.3. The first kappa shape index (κ1) is 22.6. The van der Waals surface area contributed by atoms with Gasteiger partial charge in [-0.2, -0.15) is 13.8 Å². The van der Waals surface area contributed by atoms with Crippen molar-refractivity contribution in [1.82, 2.24) is 19.9 Å². The van der Waals surface area contributed by atoms with E-state index in [0.29, 0.717) is 30.6 Å². The second-order valence-corrected chi connectivity index (χ2v) is 9.54. The number of ether oxygens (including phenoxy) is 1. The van der Waals surface area contributed by atoms with Crippen LogP contribution in [-0.4, -0.2) is 56.2 Å². The molecule has 172 valence electrons. The Morgan fingerprint density at radius 3 is 2.72 bits per heavy atom. The predicted octanol–water partition coefficient (Wildman–Crippen LogP) is 4.86. The van der Waals surface area contributed by atoms with Gasteiger partial charge >= 0.3 is 6.09 Å². The van der Waals surface area contributed by atoms with Crippen molar-refractivity contribution in [2.24, 2.45) is 0 Å². The number of hydrogen-bond acceptors (Lipinski definition) is 6. The van der Waals surface area contributed by atoms with Crippen molar-refractivity contribution in [2.75, 3.05) is 18.0 Å². The molecule has 0 radical (unpaired) electrons. The molecule has 2 aliphatic heterocycles. The Morgan fingerprint density at radius 1 is 1.34 bits per heavy atom. The number of piperazine rings is 1. The summed E-state index contributed by atoms with van der Waals surface area (Å²) >= 11 is 6.07. The Hall–Kier alpha value is -2.62. The summed E-state index contributed by atoms with van der Waals surface area (Å²) in [4.78, 5) is 28.4. The van der Waals surface area contributed by atoms with Crippen LogP contribution in [0.3, 0.4) is 0 Å². The minimum Gasteiger partial charge on any atom is -0.444 e. The van der Waals surface area contributed by atoms with E-state index in [2.05, 4.69) is 15.0 Å². The van der Waals surface area contributed by atoms with Gasteiger partial charge in [0.05, 0.1) is 22.7 Å².